The van der Waals surface area contributed by atoms with E-state index in [2.05, 4.69) is 5.32 Å². The molecule has 1 N–H and O–H groups in total. The topological polar surface area (TPSA) is 62.6 Å². The first kappa shape index (κ1) is 16.9. The molecule has 2 heterocycles. The maximum absolute atomic E-state index is 12.5. The highest BCUT2D eigenvalue weighted by Crippen LogP contribution is 2.27. The van der Waals surface area contributed by atoms with Gasteiger partial charge >= 0.3 is 0 Å². The summed E-state index contributed by atoms with van der Waals surface area (Å²) in [7, 11) is 0. The minimum absolute atomic E-state index is 0.123. The summed E-state index contributed by atoms with van der Waals surface area (Å²) in [4.78, 5) is 26.6. The third-order valence-corrected chi connectivity index (χ3v) is 4.60. The Morgan fingerprint density at radius 3 is 2.83 bits per heavy atom. The van der Waals surface area contributed by atoms with Crippen LogP contribution in [0.25, 0.3) is 0 Å². The number of rotatable bonds is 3. The standard InChI is InChI=1S/C17H16Cl2N2O3/c18-13-3-4-14(19)15(8-13)20-16(22)11-2-1-6-21(9-11)17(23)12-5-7-24-10-12/h3-5,7-8,10-11H,1-2,6,9H2,(H,20,22)/t11-/m1/s1. The molecular formula is C17H16Cl2N2O3. The molecule has 1 aliphatic rings. The van der Waals surface area contributed by atoms with Gasteiger partial charge in [-0.2, -0.15) is 0 Å². The van der Waals surface area contributed by atoms with Gasteiger partial charge in [-0.1, -0.05) is 23.2 Å². The lowest BCUT2D eigenvalue weighted by Crippen LogP contribution is -2.43. The molecule has 5 nitrogen and oxygen atoms in total. The van der Waals surface area contributed by atoms with E-state index in [0.29, 0.717) is 34.4 Å². The Hall–Kier alpha value is -1.98. The highest BCUT2D eigenvalue weighted by atomic mass is 35.5. The van der Waals surface area contributed by atoms with Gasteiger partial charge in [-0.25, -0.2) is 0 Å². The lowest BCUT2D eigenvalue weighted by Gasteiger charge is -2.31. The minimum Gasteiger partial charge on any atom is -0.472 e. The number of nitrogens with one attached hydrogen (secondary N) is 1. The van der Waals surface area contributed by atoms with Crippen molar-refractivity contribution in [3.05, 3.63) is 52.4 Å². The van der Waals surface area contributed by atoms with Crippen LogP contribution in [0.1, 0.15) is 23.2 Å². The number of anilines is 1. The molecule has 1 saturated heterocycles. The van der Waals surface area contributed by atoms with E-state index < -0.39 is 0 Å². The average Bonchev–Trinajstić information content (AvgIpc) is 3.12. The van der Waals surface area contributed by atoms with Crippen LogP contribution in [0.3, 0.4) is 0 Å². The number of halogens is 2. The molecule has 7 heteroatoms. The number of piperidine rings is 1. The molecule has 0 aliphatic carbocycles. The van der Waals surface area contributed by atoms with E-state index >= 15 is 0 Å². The molecule has 3 rings (SSSR count). The molecule has 1 aromatic heterocycles. The van der Waals surface area contributed by atoms with Gasteiger partial charge in [0.15, 0.2) is 0 Å². The normalized spacial score (nSPS) is 17.6. The van der Waals surface area contributed by atoms with E-state index in [-0.39, 0.29) is 17.7 Å². The number of likely N-dealkylation sites (tertiary alicyclic amines) is 1. The number of carbonyl (C=O) groups excluding carboxylic acids is 2. The molecule has 0 bridgehead atoms. The summed E-state index contributed by atoms with van der Waals surface area (Å²) in [5.74, 6) is -0.574. The van der Waals surface area contributed by atoms with Crippen molar-refractivity contribution in [2.24, 2.45) is 5.92 Å². The summed E-state index contributed by atoms with van der Waals surface area (Å²) < 4.78 is 4.95. The van der Waals surface area contributed by atoms with Crippen LogP contribution < -0.4 is 5.32 Å². The van der Waals surface area contributed by atoms with E-state index in [1.807, 2.05) is 0 Å². The number of furan rings is 1. The van der Waals surface area contributed by atoms with Crippen LogP contribution in [0.2, 0.25) is 10.0 Å². The largest absolute Gasteiger partial charge is 0.472 e. The number of amides is 2. The van der Waals surface area contributed by atoms with Gasteiger partial charge in [0.25, 0.3) is 5.91 Å². The number of nitrogens with zero attached hydrogens (tertiary/aromatic N) is 1. The molecule has 1 atom stereocenters. The maximum atomic E-state index is 12.5. The number of carbonyl (C=O) groups is 2. The molecule has 1 aromatic carbocycles. The Kier molecular flexibility index (Phi) is 5.11. The fourth-order valence-corrected chi connectivity index (χ4v) is 3.11. The van der Waals surface area contributed by atoms with Gasteiger partial charge < -0.3 is 14.6 Å². The van der Waals surface area contributed by atoms with E-state index in [1.165, 1.54) is 12.5 Å². The van der Waals surface area contributed by atoms with Crippen LogP contribution in [0.15, 0.2) is 41.2 Å². The summed E-state index contributed by atoms with van der Waals surface area (Å²) in [6.07, 6.45) is 4.37. The summed E-state index contributed by atoms with van der Waals surface area (Å²) in [5.41, 5.74) is 0.974. The van der Waals surface area contributed by atoms with Crippen LogP contribution in [-0.4, -0.2) is 29.8 Å². The number of benzene rings is 1. The molecule has 24 heavy (non-hydrogen) atoms. The predicted octanol–water partition coefficient (Wildman–Crippen LogP) is 4.08. The van der Waals surface area contributed by atoms with Gasteiger partial charge in [-0.3, -0.25) is 9.59 Å². The zero-order valence-corrected chi connectivity index (χ0v) is 14.3. The fraction of sp³-hybridized carbons (Fsp3) is 0.294. The second-order valence-electron chi connectivity index (χ2n) is 5.72. The smallest absolute Gasteiger partial charge is 0.257 e. The Bertz CT molecular complexity index is 746. The monoisotopic (exact) mass is 366 g/mol. The molecule has 1 fully saturated rings. The first-order chi connectivity index (χ1) is 11.5. The molecular weight excluding hydrogens is 351 g/mol. The Labute approximate surface area is 149 Å². The van der Waals surface area contributed by atoms with Crippen molar-refractivity contribution in [3.63, 3.8) is 0 Å². The van der Waals surface area contributed by atoms with Gasteiger partial charge in [0.2, 0.25) is 5.91 Å². The van der Waals surface area contributed by atoms with Crippen LogP contribution in [0.5, 0.6) is 0 Å². The third kappa shape index (κ3) is 3.74. The quantitative estimate of drug-likeness (QED) is 0.889. The first-order valence-corrected chi connectivity index (χ1v) is 8.37. The highest BCUT2D eigenvalue weighted by Gasteiger charge is 2.29. The van der Waals surface area contributed by atoms with Crippen LogP contribution in [-0.2, 0) is 4.79 Å². The molecule has 1 aliphatic heterocycles. The average molecular weight is 367 g/mol. The van der Waals surface area contributed by atoms with Crippen LogP contribution >= 0.6 is 23.2 Å². The van der Waals surface area contributed by atoms with E-state index in [9.17, 15) is 9.59 Å². The molecule has 126 valence electrons. The van der Waals surface area contributed by atoms with Crippen molar-refractivity contribution >= 4 is 40.7 Å². The van der Waals surface area contributed by atoms with Gasteiger partial charge in [-0.05, 0) is 37.1 Å². The van der Waals surface area contributed by atoms with Crippen molar-refractivity contribution in [2.45, 2.75) is 12.8 Å². The third-order valence-electron chi connectivity index (χ3n) is 4.03. The van der Waals surface area contributed by atoms with Crippen LogP contribution in [0.4, 0.5) is 5.69 Å². The maximum Gasteiger partial charge on any atom is 0.257 e. The SMILES string of the molecule is O=C(Nc1cc(Cl)ccc1Cl)[C@@H]1CCCN(C(=O)c2ccoc2)C1. The predicted molar refractivity (Wildman–Crippen MR) is 92.4 cm³/mol. The highest BCUT2D eigenvalue weighted by molar-refractivity contribution is 6.35. The zero-order chi connectivity index (χ0) is 17.1. The van der Waals surface area contributed by atoms with E-state index in [4.69, 9.17) is 27.6 Å². The van der Waals surface area contributed by atoms with Crippen molar-refractivity contribution in [1.29, 1.82) is 0 Å². The molecule has 0 spiro atoms. The lowest BCUT2D eigenvalue weighted by molar-refractivity contribution is -0.121. The van der Waals surface area contributed by atoms with Gasteiger partial charge in [0.05, 0.1) is 28.5 Å². The van der Waals surface area contributed by atoms with Gasteiger partial charge in [0, 0.05) is 18.1 Å². The molecule has 2 amide bonds. The second kappa shape index (κ2) is 7.28. The minimum atomic E-state index is -0.287. The van der Waals surface area contributed by atoms with Crippen molar-refractivity contribution in [2.75, 3.05) is 18.4 Å². The van der Waals surface area contributed by atoms with E-state index in [1.54, 1.807) is 29.2 Å². The van der Waals surface area contributed by atoms with Crippen LogP contribution in [0, 0.1) is 5.92 Å². The summed E-state index contributed by atoms with van der Waals surface area (Å²) in [6.45, 7) is 1.000. The van der Waals surface area contributed by atoms with Gasteiger partial charge in [0.1, 0.15) is 6.26 Å². The molecule has 0 radical (unpaired) electrons. The first-order valence-electron chi connectivity index (χ1n) is 7.62. The molecule has 0 saturated carbocycles. The lowest BCUT2D eigenvalue weighted by atomic mass is 9.96. The Morgan fingerprint density at radius 2 is 2.08 bits per heavy atom. The zero-order valence-electron chi connectivity index (χ0n) is 12.8. The summed E-state index contributed by atoms with van der Waals surface area (Å²) in [5, 5.41) is 3.72. The fourth-order valence-electron chi connectivity index (χ4n) is 2.77. The summed E-state index contributed by atoms with van der Waals surface area (Å²) >= 11 is 12.0. The number of hydrogen-bond acceptors (Lipinski definition) is 3. The second-order valence-corrected chi connectivity index (χ2v) is 6.56. The number of hydrogen-bond donors (Lipinski definition) is 1. The van der Waals surface area contributed by atoms with Crippen molar-refractivity contribution in [3.8, 4) is 0 Å². The molecule has 2 aromatic rings. The Morgan fingerprint density at radius 1 is 1.25 bits per heavy atom. The Balaban J connectivity index is 1.67. The van der Waals surface area contributed by atoms with E-state index in [0.717, 1.165) is 12.8 Å². The summed E-state index contributed by atoms with van der Waals surface area (Å²) in [6, 6.07) is 6.53. The van der Waals surface area contributed by atoms with Gasteiger partial charge in [-0.15, -0.1) is 0 Å². The van der Waals surface area contributed by atoms with Crippen molar-refractivity contribution < 1.29 is 14.0 Å². The molecule has 0 unspecified atom stereocenters. The van der Waals surface area contributed by atoms with Crippen molar-refractivity contribution in [1.82, 2.24) is 4.90 Å².